The Hall–Kier alpha value is -3.51. The Kier molecular flexibility index (Phi) is 10.1. The first-order valence-electron chi connectivity index (χ1n) is 9.48. The minimum Gasteiger partial charge on any atom is -0.494 e. The van der Waals surface area contributed by atoms with Crippen LogP contribution in [0.15, 0.2) is 48.5 Å². The Bertz CT molecular complexity index is 898. The lowest BCUT2D eigenvalue weighted by Crippen LogP contribution is -2.16. The number of ether oxygens (including phenoxy) is 4. The highest BCUT2D eigenvalue weighted by Gasteiger charge is 2.16. The van der Waals surface area contributed by atoms with Crippen LogP contribution in [0.3, 0.4) is 0 Å². The van der Waals surface area contributed by atoms with Crippen molar-refractivity contribution in [1.82, 2.24) is 5.39 Å². The van der Waals surface area contributed by atoms with Crippen molar-refractivity contribution in [3.8, 4) is 11.5 Å². The van der Waals surface area contributed by atoms with Crippen molar-refractivity contribution in [3.63, 3.8) is 0 Å². The van der Waals surface area contributed by atoms with Crippen molar-refractivity contribution in [3.05, 3.63) is 59.7 Å². The molecule has 0 saturated carbocycles. The molecular formula is C21H23NO10. The molecule has 0 fully saturated rings. The van der Waals surface area contributed by atoms with Crippen LogP contribution < -0.4 is 9.47 Å². The smallest absolute Gasteiger partial charge is 0.344 e. The Morgan fingerprint density at radius 1 is 0.938 bits per heavy atom. The summed E-state index contributed by atoms with van der Waals surface area (Å²) in [5.74, 6) is -1.37. The normalized spacial score (nSPS) is 10.5. The molecule has 2 aromatic carbocycles. The molecule has 11 nitrogen and oxygen atoms in total. The fourth-order valence-corrected chi connectivity index (χ4v) is 2.42. The molecule has 0 aromatic heterocycles. The van der Waals surface area contributed by atoms with Crippen LogP contribution in [0, 0.1) is 0 Å². The van der Waals surface area contributed by atoms with Crippen LogP contribution in [0.25, 0.3) is 0 Å². The molecule has 32 heavy (non-hydrogen) atoms. The topological polar surface area (TPSA) is 141 Å². The average molecular weight is 449 g/mol. The van der Waals surface area contributed by atoms with E-state index >= 15 is 0 Å². The largest absolute Gasteiger partial charge is 0.494 e. The standard InChI is InChI=1S/C21H23NO10/c1-15(23)32-19-6-3-2-5-18(19)21(25)30-14-29-20(24)13-16-7-9-17(10-8-16)28-11-4-12-31-22(26)27/h2-3,5-10,26-27H,4,11-14H2,1H3. The summed E-state index contributed by atoms with van der Waals surface area (Å²) in [4.78, 5) is 39.6. The van der Waals surface area contributed by atoms with Gasteiger partial charge >= 0.3 is 17.9 Å². The lowest BCUT2D eigenvalue weighted by molar-refractivity contribution is -0.492. The first kappa shape index (κ1) is 24.8. The summed E-state index contributed by atoms with van der Waals surface area (Å²) in [6, 6.07) is 12.7. The van der Waals surface area contributed by atoms with Crippen molar-refractivity contribution >= 4 is 17.9 Å². The van der Waals surface area contributed by atoms with Crippen LogP contribution in [-0.2, 0) is 30.3 Å². The summed E-state index contributed by atoms with van der Waals surface area (Å²) in [6.07, 6.45) is 0.383. The first-order valence-corrected chi connectivity index (χ1v) is 9.48. The Labute approximate surface area is 183 Å². The summed E-state index contributed by atoms with van der Waals surface area (Å²) < 4.78 is 20.2. The van der Waals surface area contributed by atoms with E-state index in [1.807, 2.05) is 0 Å². The fourth-order valence-electron chi connectivity index (χ4n) is 2.42. The Morgan fingerprint density at radius 2 is 1.66 bits per heavy atom. The minimum absolute atomic E-state index is 0.0333. The van der Waals surface area contributed by atoms with Crippen molar-refractivity contribution in [2.24, 2.45) is 0 Å². The van der Waals surface area contributed by atoms with E-state index in [4.69, 9.17) is 29.4 Å². The molecule has 2 rings (SSSR count). The van der Waals surface area contributed by atoms with E-state index < -0.39 is 24.7 Å². The molecule has 2 aromatic rings. The van der Waals surface area contributed by atoms with Crippen molar-refractivity contribution in [1.29, 1.82) is 0 Å². The molecule has 0 amide bonds. The van der Waals surface area contributed by atoms with Crippen LogP contribution in [0.1, 0.15) is 29.3 Å². The predicted molar refractivity (Wildman–Crippen MR) is 106 cm³/mol. The third kappa shape index (κ3) is 9.10. The molecule has 2 N–H and O–H groups in total. The molecule has 0 unspecified atom stereocenters. The molecule has 11 heteroatoms. The van der Waals surface area contributed by atoms with Gasteiger partial charge in [0.15, 0.2) is 0 Å². The Morgan fingerprint density at radius 3 is 2.34 bits per heavy atom. The van der Waals surface area contributed by atoms with Gasteiger partial charge in [0.25, 0.3) is 0 Å². The van der Waals surface area contributed by atoms with Gasteiger partial charge < -0.3 is 18.9 Å². The van der Waals surface area contributed by atoms with Crippen LogP contribution in [0.2, 0.25) is 0 Å². The zero-order valence-corrected chi connectivity index (χ0v) is 17.3. The molecule has 0 radical (unpaired) electrons. The summed E-state index contributed by atoms with van der Waals surface area (Å²) >= 11 is 0. The minimum atomic E-state index is -0.799. The summed E-state index contributed by atoms with van der Waals surface area (Å²) in [5, 5.41) is 16.4. The van der Waals surface area contributed by atoms with E-state index in [1.165, 1.54) is 19.1 Å². The van der Waals surface area contributed by atoms with Gasteiger partial charge in [-0.2, -0.15) is 0 Å². The second kappa shape index (κ2) is 13.0. The lowest BCUT2D eigenvalue weighted by Gasteiger charge is -2.10. The van der Waals surface area contributed by atoms with Crippen LogP contribution in [-0.4, -0.2) is 53.7 Å². The Balaban J connectivity index is 1.72. The molecular weight excluding hydrogens is 426 g/mol. The van der Waals surface area contributed by atoms with Crippen LogP contribution in [0.5, 0.6) is 11.5 Å². The highest BCUT2D eigenvalue weighted by Crippen LogP contribution is 2.19. The van der Waals surface area contributed by atoms with Gasteiger partial charge in [0.2, 0.25) is 6.79 Å². The van der Waals surface area contributed by atoms with Gasteiger partial charge in [0, 0.05) is 13.3 Å². The number of benzene rings is 2. The van der Waals surface area contributed by atoms with Gasteiger partial charge in [-0.25, -0.2) is 4.79 Å². The molecule has 0 aliphatic carbocycles. The van der Waals surface area contributed by atoms with Crippen molar-refractivity contribution in [2.75, 3.05) is 20.0 Å². The SMILES string of the molecule is CC(=O)Oc1ccccc1C(=O)OCOC(=O)Cc1ccc(OCCCON(O)O)cc1. The second-order valence-corrected chi connectivity index (χ2v) is 6.26. The zero-order valence-electron chi connectivity index (χ0n) is 17.3. The number of nitrogens with zero attached hydrogens (tertiary/aromatic N) is 1. The van der Waals surface area contributed by atoms with Gasteiger partial charge in [-0.15, -0.1) is 0 Å². The number of carbonyl (C=O) groups is 3. The maximum absolute atomic E-state index is 12.1. The van der Waals surface area contributed by atoms with Gasteiger partial charge in [-0.1, -0.05) is 24.3 Å². The zero-order chi connectivity index (χ0) is 23.3. The predicted octanol–water partition coefficient (Wildman–Crippen LogP) is 2.29. The molecule has 0 bridgehead atoms. The molecule has 0 aliphatic rings. The monoisotopic (exact) mass is 449 g/mol. The maximum atomic E-state index is 12.1. The third-order valence-corrected chi connectivity index (χ3v) is 3.81. The second-order valence-electron chi connectivity index (χ2n) is 6.26. The van der Waals surface area contributed by atoms with E-state index in [-0.39, 0.29) is 29.7 Å². The number of hydrogen-bond acceptors (Lipinski definition) is 11. The highest BCUT2D eigenvalue weighted by molar-refractivity contribution is 5.93. The van der Waals surface area contributed by atoms with E-state index in [0.29, 0.717) is 24.3 Å². The van der Waals surface area contributed by atoms with Crippen LogP contribution >= 0.6 is 0 Å². The summed E-state index contributed by atoms with van der Waals surface area (Å²) in [6.45, 7) is 0.980. The molecule has 172 valence electrons. The van der Waals surface area contributed by atoms with Gasteiger partial charge in [-0.05, 0) is 29.8 Å². The van der Waals surface area contributed by atoms with Gasteiger partial charge in [0.1, 0.15) is 17.1 Å². The summed E-state index contributed by atoms with van der Waals surface area (Å²) in [5.41, 5.74) is 0.694. The van der Waals surface area contributed by atoms with E-state index in [2.05, 4.69) is 4.84 Å². The molecule has 0 heterocycles. The number of rotatable bonds is 12. The van der Waals surface area contributed by atoms with E-state index in [1.54, 1.807) is 36.4 Å². The highest BCUT2D eigenvalue weighted by atomic mass is 17.1. The first-order chi connectivity index (χ1) is 15.3. The van der Waals surface area contributed by atoms with Gasteiger partial charge in [-0.3, -0.25) is 24.8 Å². The number of esters is 3. The number of hydrogen-bond donors (Lipinski definition) is 2. The van der Waals surface area contributed by atoms with E-state index in [0.717, 1.165) is 0 Å². The number of carbonyl (C=O) groups excluding carboxylic acids is 3. The van der Waals surface area contributed by atoms with Gasteiger partial charge in [0.05, 0.1) is 25.0 Å². The van der Waals surface area contributed by atoms with E-state index in [9.17, 15) is 14.4 Å². The lowest BCUT2D eigenvalue weighted by atomic mass is 10.1. The summed E-state index contributed by atoms with van der Waals surface area (Å²) in [7, 11) is 0. The van der Waals surface area contributed by atoms with Crippen LogP contribution in [0.4, 0.5) is 0 Å². The van der Waals surface area contributed by atoms with Crippen molar-refractivity contribution < 1.29 is 48.6 Å². The fraction of sp³-hybridized carbons (Fsp3) is 0.286. The molecule has 0 aliphatic heterocycles. The molecule has 0 saturated heterocycles. The quantitative estimate of drug-likeness (QED) is 0.162. The number of para-hydroxylation sites is 1. The third-order valence-electron chi connectivity index (χ3n) is 3.81. The van der Waals surface area contributed by atoms with Crippen molar-refractivity contribution in [2.45, 2.75) is 19.8 Å². The molecule has 0 atom stereocenters. The molecule has 0 spiro atoms. The maximum Gasteiger partial charge on any atom is 0.344 e. The average Bonchev–Trinajstić information content (AvgIpc) is 2.74.